The first-order valence-corrected chi connectivity index (χ1v) is 4.30. The molecule has 0 fully saturated rings. The third-order valence-electron chi connectivity index (χ3n) is 1.83. The number of aromatic nitrogens is 1. The fourth-order valence-corrected chi connectivity index (χ4v) is 1.20. The van der Waals surface area contributed by atoms with Crippen molar-refractivity contribution in [2.24, 2.45) is 0 Å². The molecule has 82 valence electrons. The number of nitrogens with zero attached hydrogens (tertiary/aromatic N) is 1. The molecule has 0 spiro atoms. The van der Waals surface area contributed by atoms with Crippen LogP contribution >= 0.6 is 0 Å². The molecule has 8 heteroatoms. The predicted octanol–water partition coefficient (Wildman–Crippen LogP) is -1.63. The number of halogens is 3. The van der Waals surface area contributed by atoms with Crippen molar-refractivity contribution in [3.8, 4) is 0 Å². The van der Waals surface area contributed by atoms with Crippen molar-refractivity contribution in [2.45, 2.75) is 6.32 Å². The van der Waals surface area contributed by atoms with Crippen LogP contribution in [-0.4, -0.2) is 24.9 Å². The summed E-state index contributed by atoms with van der Waals surface area (Å²) in [6.45, 7) is -4.96. The zero-order valence-electron chi connectivity index (χ0n) is 9.01. The maximum Gasteiger partial charge on any atom is 1.00 e. The quantitative estimate of drug-likeness (QED) is 0.660. The number of carbonyl (C=O) groups is 1. The number of carbonyl (C=O) groups excluding carboxylic acids is 1. The van der Waals surface area contributed by atoms with Gasteiger partial charge in [-0.15, -0.1) is 0 Å². The number of amides is 1. The van der Waals surface area contributed by atoms with Gasteiger partial charge < -0.3 is 18.3 Å². The van der Waals surface area contributed by atoms with Crippen molar-refractivity contribution in [1.82, 2.24) is 10.3 Å². The molecule has 1 aromatic rings. The van der Waals surface area contributed by atoms with Crippen molar-refractivity contribution in [3.05, 3.63) is 29.6 Å². The Bertz CT molecular complexity index is 373. The molecule has 1 N–H and O–H groups in total. The molecular formula is C8H9BF3KN2O. The minimum Gasteiger partial charge on any atom is -0.449 e. The summed E-state index contributed by atoms with van der Waals surface area (Å²) in [5, 5.41) is 2.28. The molecule has 1 heterocycles. The van der Waals surface area contributed by atoms with Crippen molar-refractivity contribution in [3.63, 3.8) is 0 Å². The fourth-order valence-electron chi connectivity index (χ4n) is 1.20. The van der Waals surface area contributed by atoms with E-state index in [-0.39, 0.29) is 62.5 Å². The second-order valence-corrected chi connectivity index (χ2v) is 3.03. The summed E-state index contributed by atoms with van der Waals surface area (Å²) in [5.41, 5.74) is -0.0731. The van der Waals surface area contributed by atoms with Gasteiger partial charge in [0.05, 0.1) is 0 Å². The first-order valence-electron chi connectivity index (χ1n) is 4.30. The first-order chi connectivity index (χ1) is 6.94. The number of hydrogen-bond donors (Lipinski definition) is 1. The molecular weight excluding hydrogens is 247 g/mol. The Balaban J connectivity index is 0.00000225. The maximum atomic E-state index is 12.2. The van der Waals surface area contributed by atoms with E-state index in [0.29, 0.717) is 0 Å². The van der Waals surface area contributed by atoms with Crippen LogP contribution < -0.4 is 56.7 Å². The van der Waals surface area contributed by atoms with Gasteiger partial charge in [-0.2, -0.15) is 0 Å². The molecule has 0 saturated heterocycles. The van der Waals surface area contributed by atoms with Crippen LogP contribution in [0.3, 0.4) is 0 Å². The standard InChI is InChI=1S/C8H9BF3N2O.K/c1-13-8(15)7-2-3-14-5-6(7)4-9(10,11)12;/h2-3,5H,4H2,1H3,(H,13,15);/q-1;+1. The summed E-state index contributed by atoms with van der Waals surface area (Å²) in [5.74, 6) is -0.535. The second-order valence-electron chi connectivity index (χ2n) is 3.03. The SMILES string of the molecule is CNC(=O)c1ccncc1C[B-](F)(F)F.[K+]. The van der Waals surface area contributed by atoms with Crippen LogP contribution in [0.1, 0.15) is 15.9 Å². The van der Waals surface area contributed by atoms with Crippen molar-refractivity contribution >= 4 is 12.9 Å². The monoisotopic (exact) mass is 256 g/mol. The number of nitrogens with one attached hydrogen (secondary N) is 1. The topological polar surface area (TPSA) is 42.0 Å². The molecule has 3 nitrogen and oxygen atoms in total. The molecule has 0 aliphatic heterocycles. The third-order valence-corrected chi connectivity index (χ3v) is 1.83. The Hall–Kier alpha value is 0.111. The van der Waals surface area contributed by atoms with Gasteiger partial charge in [-0.05, 0) is 11.6 Å². The summed E-state index contributed by atoms with van der Waals surface area (Å²) >= 11 is 0. The number of rotatable bonds is 3. The van der Waals surface area contributed by atoms with Crippen LogP contribution in [0.15, 0.2) is 18.5 Å². The van der Waals surface area contributed by atoms with E-state index < -0.39 is 19.2 Å². The average Bonchev–Trinajstić information content (AvgIpc) is 2.15. The predicted molar refractivity (Wildman–Crippen MR) is 50.4 cm³/mol. The molecule has 0 bridgehead atoms. The van der Waals surface area contributed by atoms with E-state index in [9.17, 15) is 17.7 Å². The van der Waals surface area contributed by atoms with Gasteiger partial charge in [-0.1, -0.05) is 6.32 Å². The van der Waals surface area contributed by atoms with Crippen LogP contribution in [0.25, 0.3) is 0 Å². The van der Waals surface area contributed by atoms with Gasteiger partial charge in [0.2, 0.25) is 0 Å². The summed E-state index contributed by atoms with van der Waals surface area (Å²) in [6, 6.07) is 1.27. The molecule has 0 unspecified atom stereocenters. The normalized spacial score (nSPS) is 10.5. The minimum absolute atomic E-state index is 0. The van der Waals surface area contributed by atoms with Crippen LogP contribution in [0.2, 0.25) is 0 Å². The van der Waals surface area contributed by atoms with Gasteiger partial charge in [0.1, 0.15) is 0 Å². The molecule has 0 saturated carbocycles. The van der Waals surface area contributed by atoms with Gasteiger partial charge >= 0.3 is 58.4 Å². The maximum absolute atomic E-state index is 12.2. The summed E-state index contributed by atoms with van der Waals surface area (Å²) in [7, 11) is 1.37. The molecule has 1 amide bonds. The van der Waals surface area contributed by atoms with Gasteiger partial charge in [0, 0.05) is 25.0 Å². The van der Waals surface area contributed by atoms with E-state index in [1.54, 1.807) is 0 Å². The van der Waals surface area contributed by atoms with E-state index in [2.05, 4.69) is 10.3 Å². The van der Waals surface area contributed by atoms with Crippen molar-refractivity contribution in [1.29, 1.82) is 0 Å². The van der Waals surface area contributed by atoms with Crippen LogP contribution in [0.4, 0.5) is 12.9 Å². The Morgan fingerprint density at radius 2 is 2.12 bits per heavy atom. The van der Waals surface area contributed by atoms with E-state index in [0.717, 1.165) is 6.20 Å². The number of pyridine rings is 1. The Morgan fingerprint density at radius 3 is 2.62 bits per heavy atom. The molecule has 0 atom stereocenters. The second kappa shape index (κ2) is 6.75. The van der Waals surface area contributed by atoms with Crippen molar-refractivity contribution < 1.29 is 69.1 Å². The Morgan fingerprint density at radius 1 is 1.50 bits per heavy atom. The average molecular weight is 256 g/mol. The third kappa shape index (κ3) is 4.96. The van der Waals surface area contributed by atoms with Gasteiger partial charge in [0.25, 0.3) is 5.91 Å². The molecule has 0 aliphatic rings. The summed E-state index contributed by atoms with van der Waals surface area (Å²) in [4.78, 5) is 14.8. The zero-order chi connectivity index (χ0) is 11.5. The Kier molecular flexibility index (Phi) is 6.80. The molecule has 0 aromatic carbocycles. The van der Waals surface area contributed by atoms with Gasteiger partial charge in [-0.3, -0.25) is 9.78 Å². The van der Waals surface area contributed by atoms with Gasteiger partial charge in [0.15, 0.2) is 0 Å². The summed E-state index contributed by atoms with van der Waals surface area (Å²) in [6.07, 6.45) is 1.27. The van der Waals surface area contributed by atoms with Crippen LogP contribution in [0, 0.1) is 0 Å². The largest absolute Gasteiger partial charge is 1.00 e. The fraction of sp³-hybridized carbons (Fsp3) is 0.250. The zero-order valence-corrected chi connectivity index (χ0v) is 12.1. The Labute approximate surface area is 134 Å². The summed E-state index contributed by atoms with van der Waals surface area (Å²) < 4.78 is 36.6. The van der Waals surface area contributed by atoms with E-state index in [1.807, 2.05) is 0 Å². The number of hydrogen-bond acceptors (Lipinski definition) is 2. The molecule has 16 heavy (non-hydrogen) atoms. The first kappa shape index (κ1) is 16.1. The minimum atomic E-state index is -4.96. The molecule has 0 aliphatic carbocycles. The van der Waals surface area contributed by atoms with Gasteiger partial charge in [-0.25, -0.2) is 0 Å². The van der Waals surface area contributed by atoms with E-state index in [1.165, 1.54) is 19.3 Å². The van der Waals surface area contributed by atoms with E-state index in [4.69, 9.17) is 0 Å². The molecule has 0 radical (unpaired) electrons. The molecule has 1 rings (SSSR count). The molecule has 1 aromatic heterocycles. The smallest absolute Gasteiger partial charge is 0.449 e. The van der Waals surface area contributed by atoms with Crippen LogP contribution in [-0.2, 0) is 6.32 Å². The van der Waals surface area contributed by atoms with Crippen molar-refractivity contribution in [2.75, 3.05) is 7.05 Å². The van der Waals surface area contributed by atoms with E-state index >= 15 is 0 Å². The van der Waals surface area contributed by atoms with Crippen LogP contribution in [0.5, 0.6) is 0 Å².